The molecule has 96 valence electrons. The Morgan fingerprint density at radius 2 is 1.89 bits per heavy atom. The fourth-order valence-corrected chi connectivity index (χ4v) is 2.46. The maximum atomic E-state index is 11.8. The van der Waals surface area contributed by atoms with Gasteiger partial charge in [0.15, 0.2) is 5.78 Å². The van der Waals surface area contributed by atoms with Gasteiger partial charge >= 0.3 is 0 Å². The number of sulfone groups is 1. The van der Waals surface area contributed by atoms with E-state index in [0.717, 1.165) is 6.26 Å². The van der Waals surface area contributed by atoms with Crippen LogP contribution in [-0.4, -0.2) is 26.2 Å². The molecule has 0 radical (unpaired) electrons. The van der Waals surface area contributed by atoms with E-state index in [1.807, 2.05) is 6.07 Å². The van der Waals surface area contributed by atoms with Gasteiger partial charge in [-0.05, 0) is 18.9 Å². The number of Topliss-reactive ketones (excluding diaryl/α,β-unsaturated/α-hetero) is 1. The van der Waals surface area contributed by atoms with Crippen molar-refractivity contribution in [2.24, 2.45) is 0 Å². The van der Waals surface area contributed by atoms with Crippen molar-refractivity contribution < 1.29 is 13.2 Å². The Hall–Kier alpha value is -1.67. The minimum absolute atomic E-state index is 0.0122. The fraction of sp³-hybridized carbons (Fsp3) is 0.385. The van der Waals surface area contributed by atoms with Gasteiger partial charge in [-0.2, -0.15) is 5.26 Å². The summed E-state index contributed by atoms with van der Waals surface area (Å²) in [6.45, 7) is 1.32. The second kappa shape index (κ2) is 5.32. The van der Waals surface area contributed by atoms with Crippen molar-refractivity contribution in [3.63, 3.8) is 0 Å². The third kappa shape index (κ3) is 3.17. The summed E-state index contributed by atoms with van der Waals surface area (Å²) in [6, 6.07) is 10.6. The lowest BCUT2D eigenvalue weighted by Gasteiger charge is -2.23. The second-order valence-electron chi connectivity index (χ2n) is 4.32. The third-order valence-corrected chi connectivity index (χ3v) is 3.85. The van der Waals surface area contributed by atoms with Crippen LogP contribution in [0.15, 0.2) is 30.3 Å². The van der Waals surface area contributed by atoms with Crippen LogP contribution in [0.1, 0.15) is 18.9 Å². The number of nitrogens with zero attached hydrogens (tertiary/aromatic N) is 1. The van der Waals surface area contributed by atoms with Crippen LogP contribution in [0.3, 0.4) is 0 Å². The molecule has 0 fully saturated rings. The van der Waals surface area contributed by atoms with Crippen molar-refractivity contribution in [1.82, 2.24) is 0 Å². The molecular weight excluding hydrogens is 250 g/mol. The maximum Gasteiger partial charge on any atom is 0.154 e. The van der Waals surface area contributed by atoms with Crippen LogP contribution < -0.4 is 0 Å². The molecule has 0 aliphatic rings. The lowest BCUT2D eigenvalue weighted by Crippen LogP contribution is -2.34. The molecule has 1 aromatic rings. The van der Waals surface area contributed by atoms with Crippen molar-refractivity contribution in [1.29, 1.82) is 5.26 Å². The topological polar surface area (TPSA) is 75.0 Å². The van der Waals surface area contributed by atoms with Crippen LogP contribution in [0.4, 0.5) is 0 Å². The Kier molecular flexibility index (Phi) is 4.25. The van der Waals surface area contributed by atoms with E-state index in [1.165, 1.54) is 6.92 Å². The van der Waals surface area contributed by atoms with Crippen molar-refractivity contribution in [2.75, 3.05) is 12.0 Å². The van der Waals surface area contributed by atoms with E-state index in [-0.39, 0.29) is 18.0 Å². The van der Waals surface area contributed by atoms with Gasteiger partial charge in [0.1, 0.15) is 15.3 Å². The molecule has 5 heteroatoms. The highest BCUT2D eigenvalue weighted by Crippen LogP contribution is 2.29. The Morgan fingerprint density at radius 3 is 2.28 bits per heavy atom. The monoisotopic (exact) mass is 265 g/mol. The Labute approximate surface area is 107 Å². The molecule has 0 N–H and O–H groups in total. The molecule has 0 aromatic heterocycles. The van der Waals surface area contributed by atoms with Gasteiger partial charge in [0.05, 0.1) is 11.8 Å². The van der Waals surface area contributed by atoms with Crippen LogP contribution in [-0.2, 0) is 20.0 Å². The number of carbonyl (C=O) groups is 1. The number of benzene rings is 1. The van der Waals surface area contributed by atoms with Crippen molar-refractivity contribution in [2.45, 2.75) is 18.8 Å². The summed E-state index contributed by atoms with van der Waals surface area (Å²) in [5.41, 5.74) is -0.826. The highest BCUT2D eigenvalue weighted by Gasteiger charge is 2.38. The second-order valence-corrected chi connectivity index (χ2v) is 6.58. The molecule has 0 amide bonds. The molecule has 0 aliphatic heterocycles. The zero-order valence-corrected chi connectivity index (χ0v) is 11.2. The molecule has 1 aromatic carbocycles. The molecule has 0 saturated heterocycles. The summed E-state index contributed by atoms with van der Waals surface area (Å²) in [6.07, 6.45) is 1.09. The van der Waals surface area contributed by atoms with E-state index >= 15 is 0 Å². The van der Waals surface area contributed by atoms with Gasteiger partial charge in [0, 0.05) is 6.26 Å². The van der Waals surface area contributed by atoms with E-state index < -0.39 is 15.3 Å². The molecule has 0 aliphatic carbocycles. The molecular formula is C13H15NO3S. The summed E-state index contributed by atoms with van der Waals surface area (Å²) < 4.78 is 22.5. The zero-order chi connectivity index (χ0) is 13.8. The van der Waals surface area contributed by atoms with Crippen LogP contribution >= 0.6 is 0 Å². The Bertz CT molecular complexity index is 572. The first-order valence-electron chi connectivity index (χ1n) is 5.47. The summed E-state index contributed by atoms with van der Waals surface area (Å²) in [5, 5.41) is 9.33. The number of hydrogen-bond acceptors (Lipinski definition) is 4. The van der Waals surface area contributed by atoms with Gasteiger partial charge in [-0.1, -0.05) is 30.3 Å². The van der Waals surface area contributed by atoms with E-state index in [1.54, 1.807) is 30.3 Å². The zero-order valence-electron chi connectivity index (χ0n) is 10.4. The van der Waals surface area contributed by atoms with Crippen molar-refractivity contribution in [3.05, 3.63) is 35.9 Å². The predicted molar refractivity (Wildman–Crippen MR) is 68.7 cm³/mol. The predicted octanol–water partition coefficient (Wildman–Crippen LogP) is 1.47. The van der Waals surface area contributed by atoms with E-state index in [9.17, 15) is 18.5 Å². The van der Waals surface area contributed by atoms with E-state index in [2.05, 4.69) is 0 Å². The molecule has 0 spiro atoms. The molecule has 0 bridgehead atoms. The highest BCUT2D eigenvalue weighted by molar-refractivity contribution is 7.90. The number of nitriles is 1. The first kappa shape index (κ1) is 14.4. The Morgan fingerprint density at radius 1 is 1.33 bits per heavy atom. The third-order valence-electron chi connectivity index (χ3n) is 2.91. The van der Waals surface area contributed by atoms with Crippen molar-refractivity contribution >= 4 is 15.6 Å². The lowest BCUT2D eigenvalue weighted by molar-refractivity contribution is -0.120. The van der Waals surface area contributed by atoms with Crippen LogP contribution in [0.25, 0.3) is 0 Å². The summed E-state index contributed by atoms with van der Waals surface area (Å²) in [5.74, 6) is -0.519. The van der Waals surface area contributed by atoms with E-state index in [4.69, 9.17) is 0 Å². The number of carbonyl (C=O) groups excluding carboxylic acids is 1. The first-order valence-corrected chi connectivity index (χ1v) is 7.53. The van der Waals surface area contributed by atoms with Crippen LogP contribution in [0, 0.1) is 11.3 Å². The average Bonchev–Trinajstić information content (AvgIpc) is 2.30. The molecule has 4 nitrogen and oxygen atoms in total. The maximum absolute atomic E-state index is 11.8. The average molecular weight is 265 g/mol. The largest absolute Gasteiger partial charge is 0.298 e. The summed E-state index contributed by atoms with van der Waals surface area (Å²) in [7, 11) is -3.21. The molecule has 1 unspecified atom stereocenters. The molecule has 0 heterocycles. The highest BCUT2D eigenvalue weighted by atomic mass is 32.2. The number of hydrogen-bond donors (Lipinski definition) is 0. The number of ketones is 1. The minimum Gasteiger partial charge on any atom is -0.298 e. The standard InChI is InChI=1S/C13H15NO3S/c1-11(15)13(10-14,8-9-18(2,16)17)12-6-4-3-5-7-12/h3-7H,8-9H2,1-2H3. The molecule has 1 rings (SSSR count). The summed E-state index contributed by atoms with van der Waals surface area (Å²) in [4.78, 5) is 11.8. The van der Waals surface area contributed by atoms with Gasteiger partial charge in [-0.15, -0.1) is 0 Å². The van der Waals surface area contributed by atoms with Gasteiger partial charge in [-0.25, -0.2) is 8.42 Å². The number of rotatable bonds is 5. The normalized spacial score (nSPS) is 14.5. The molecule has 18 heavy (non-hydrogen) atoms. The first-order chi connectivity index (χ1) is 8.32. The smallest absolute Gasteiger partial charge is 0.154 e. The van der Waals surface area contributed by atoms with Crippen molar-refractivity contribution in [3.8, 4) is 6.07 Å². The Balaban J connectivity index is 3.20. The van der Waals surface area contributed by atoms with Crippen LogP contribution in [0.2, 0.25) is 0 Å². The molecule has 1 atom stereocenters. The van der Waals surface area contributed by atoms with Gasteiger partial charge < -0.3 is 0 Å². The summed E-state index contributed by atoms with van der Waals surface area (Å²) >= 11 is 0. The fourth-order valence-electron chi connectivity index (χ4n) is 1.78. The van der Waals surface area contributed by atoms with Crippen LogP contribution in [0.5, 0.6) is 0 Å². The quantitative estimate of drug-likeness (QED) is 0.808. The van der Waals surface area contributed by atoms with Gasteiger partial charge in [-0.3, -0.25) is 4.79 Å². The lowest BCUT2D eigenvalue weighted by atomic mass is 9.76. The minimum atomic E-state index is -3.21. The van der Waals surface area contributed by atoms with Gasteiger partial charge in [0.2, 0.25) is 0 Å². The SMILES string of the molecule is CC(=O)C(C#N)(CCS(C)(=O)=O)c1ccccc1. The molecule has 0 saturated carbocycles. The van der Waals surface area contributed by atoms with E-state index in [0.29, 0.717) is 5.56 Å². The van der Waals surface area contributed by atoms with Gasteiger partial charge in [0.25, 0.3) is 0 Å².